The van der Waals surface area contributed by atoms with Crippen LogP contribution in [0.3, 0.4) is 0 Å². The van der Waals surface area contributed by atoms with Crippen molar-refractivity contribution in [2.45, 2.75) is 37.8 Å². The molecule has 2 aliphatic heterocycles. The fraction of sp³-hybridized carbons (Fsp3) is 0.769. The monoisotopic (exact) mass is 279 g/mol. The van der Waals surface area contributed by atoms with E-state index < -0.39 is 0 Å². The summed E-state index contributed by atoms with van der Waals surface area (Å²) in [6.45, 7) is 3.33. The predicted octanol–water partition coefficient (Wildman–Crippen LogP) is 0.111. The molecule has 2 fully saturated rings. The number of hydrogen-bond acceptors (Lipinski definition) is 5. The van der Waals surface area contributed by atoms with Gasteiger partial charge in [0.2, 0.25) is 0 Å². The number of carbonyl (C=O) groups is 1. The highest BCUT2D eigenvalue weighted by Crippen LogP contribution is 2.17. The van der Waals surface area contributed by atoms with E-state index in [0.717, 1.165) is 45.4 Å². The second-order valence-corrected chi connectivity index (χ2v) is 5.41. The minimum absolute atomic E-state index is 0.151. The fourth-order valence-corrected chi connectivity index (χ4v) is 2.73. The first kappa shape index (κ1) is 13.5. The van der Waals surface area contributed by atoms with Gasteiger partial charge in [-0.2, -0.15) is 0 Å². The lowest BCUT2D eigenvalue weighted by Gasteiger charge is -2.22. The van der Waals surface area contributed by atoms with Crippen molar-refractivity contribution in [2.75, 3.05) is 26.2 Å². The zero-order valence-corrected chi connectivity index (χ0v) is 11.5. The first-order valence-electron chi connectivity index (χ1n) is 7.35. The normalized spacial score (nSPS) is 23.9. The lowest BCUT2D eigenvalue weighted by atomic mass is 10.1. The molecule has 1 atom stereocenters. The van der Waals surface area contributed by atoms with E-state index in [2.05, 4.69) is 20.9 Å². The molecular formula is C13H21N5O2. The van der Waals surface area contributed by atoms with Crippen molar-refractivity contribution in [3.8, 4) is 0 Å². The van der Waals surface area contributed by atoms with Gasteiger partial charge in [0.25, 0.3) is 5.91 Å². The summed E-state index contributed by atoms with van der Waals surface area (Å²) in [6, 6.07) is 0.350. The van der Waals surface area contributed by atoms with Gasteiger partial charge in [-0.3, -0.25) is 4.79 Å². The van der Waals surface area contributed by atoms with Crippen molar-refractivity contribution >= 4 is 5.91 Å². The smallest absolute Gasteiger partial charge is 0.273 e. The highest BCUT2D eigenvalue weighted by Gasteiger charge is 2.20. The van der Waals surface area contributed by atoms with E-state index in [-0.39, 0.29) is 12.0 Å². The highest BCUT2D eigenvalue weighted by atomic mass is 16.5. The Hall–Kier alpha value is -1.47. The van der Waals surface area contributed by atoms with Crippen LogP contribution in [0.15, 0.2) is 6.20 Å². The Morgan fingerprint density at radius 3 is 3.05 bits per heavy atom. The number of piperidine rings is 1. The molecule has 0 saturated carbocycles. The average molecular weight is 279 g/mol. The quantitative estimate of drug-likeness (QED) is 0.817. The molecule has 2 saturated heterocycles. The first-order valence-corrected chi connectivity index (χ1v) is 7.35. The third kappa shape index (κ3) is 3.16. The van der Waals surface area contributed by atoms with Crippen LogP contribution in [0.1, 0.15) is 42.2 Å². The summed E-state index contributed by atoms with van der Waals surface area (Å²) in [6.07, 6.45) is 6.05. The molecule has 2 aliphatic rings. The number of carbonyl (C=O) groups excluding carboxylic acids is 1. The Kier molecular flexibility index (Phi) is 4.27. The van der Waals surface area contributed by atoms with Crippen molar-refractivity contribution in [1.82, 2.24) is 25.6 Å². The van der Waals surface area contributed by atoms with Gasteiger partial charge in [0, 0.05) is 13.2 Å². The zero-order valence-electron chi connectivity index (χ0n) is 11.5. The van der Waals surface area contributed by atoms with Gasteiger partial charge in [-0.25, -0.2) is 4.68 Å². The van der Waals surface area contributed by atoms with E-state index in [4.69, 9.17) is 4.74 Å². The van der Waals surface area contributed by atoms with E-state index >= 15 is 0 Å². The maximum Gasteiger partial charge on any atom is 0.273 e. The number of ether oxygens (including phenoxy) is 1. The maximum atomic E-state index is 12.0. The average Bonchev–Trinajstić information content (AvgIpc) is 3.17. The summed E-state index contributed by atoms with van der Waals surface area (Å²) < 4.78 is 7.30. The fourth-order valence-electron chi connectivity index (χ4n) is 2.73. The molecule has 1 amide bonds. The molecule has 3 heterocycles. The Bertz CT molecular complexity index is 449. The van der Waals surface area contributed by atoms with E-state index in [0.29, 0.717) is 18.3 Å². The van der Waals surface area contributed by atoms with E-state index in [9.17, 15) is 4.79 Å². The summed E-state index contributed by atoms with van der Waals surface area (Å²) >= 11 is 0. The van der Waals surface area contributed by atoms with Crippen molar-refractivity contribution in [2.24, 2.45) is 0 Å². The van der Waals surface area contributed by atoms with Gasteiger partial charge >= 0.3 is 0 Å². The molecule has 2 N–H and O–H groups in total. The minimum Gasteiger partial charge on any atom is -0.376 e. The van der Waals surface area contributed by atoms with Crippen molar-refractivity contribution < 1.29 is 9.53 Å². The third-order valence-corrected chi connectivity index (χ3v) is 3.94. The van der Waals surface area contributed by atoms with Gasteiger partial charge in [0.15, 0.2) is 5.69 Å². The summed E-state index contributed by atoms with van der Waals surface area (Å²) in [7, 11) is 0. The van der Waals surface area contributed by atoms with E-state index in [1.165, 1.54) is 0 Å². The topological polar surface area (TPSA) is 81.1 Å². The SMILES string of the molecule is O=C(NCC1CCCO1)c1cn(C2CCNCC2)nn1. The molecule has 7 nitrogen and oxygen atoms in total. The molecule has 1 aromatic rings. The lowest BCUT2D eigenvalue weighted by molar-refractivity contribution is 0.0853. The Morgan fingerprint density at radius 2 is 2.30 bits per heavy atom. The summed E-state index contributed by atoms with van der Waals surface area (Å²) in [5, 5.41) is 14.2. The van der Waals surface area contributed by atoms with Crippen LogP contribution >= 0.6 is 0 Å². The van der Waals surface area contributed by atoms with Gasteiger partial charge in [-0.1, -0.05) is 5.21 Å². The van der Waals surface area contributed by atoms with Gasteiger partial charge < -0.3 is 15.4 Å². The highest BCUT2D eigenvalue weighted by molar-refractivity contribution is 5.91. The van der Waals surface area contributed by atoms with Gasteiger partial charge in [-0.15, -0.1) is 5.10 Å². The second kappa shape index (κ2) is 6.32. The summed E-state index contributed by atoms with van der Waals surface area (Å²) in [5.74, 6) is -0.166. The van der Waals surface area contributed by atoms with Crippen molar-refractivity contribution in [3.05, 3.63) is 11.9 Å². The molecule has 0 radical (unpaired) electrons. The lowest BCUT2D eigenvalue weighted by Crippen LogP contribution is -2.32. The van der Waals surface area contributed by atoms with Crippen molar-refractivity contribution in [3.63, 3.8) is 0 Å². The Labute approximate surface area is 118 Å². The van der Waals surface area contributed by atoms with Crippen LogP contribution in [0, 0.1) is 0 Å². The van der Waals surface area contributed by atoms with E-state index in [1.54, 1.807) is 6.20 Å². The Balaban J connectivity index is 1.53. The number of aromatic nitrogens is 3. The molecule has 0 aliphatic carbocycles. The van der Waals surface area contributed by atoms with Crippen LogP contribution in [0.4, 0.5) is 0 Å². The number of hydrogen-bond donors (Lipinski definition) is 2. The molecule has 0 aromatic carbocycles. The number of nitrogens with one attached hydrogen (secondary N) is 2. The molecule has 1 unspecified atom stereocenters. The third-order valence-electron chi connectivity index (χ3n) is 3.94. The standard InChI is InChI=1S/C13H21N5O2/c19-13(15-8-11-2-1-7-20-11)12-9-18(17-16-12)10-3-5-14-6-4-10/h9-11,14H,1-8H2,(H,15,19). The van der Waals surface area contributed by atoms with Crippen LogP contribution in [0.2, 0.25) is 0 Å². The van der Waals surface area contributed by atoms with Gasteiger partial charge in [0.1, 0.15) is 0 Å². The maximum absolute atomic E-state index is 12.0. The van der Waals surface area contributed by atoms with Crippen LogP contribution in [0.25, 0.3) is 0 Å². The Morgan fingerprint density at radius 1 is 1.45 bits per heavy atom. The predicted molar refractivity (Wildman–Crippen MR) is 72.5 cm³/mol. The number of amides is 1. The van der Waals surface area contributed by atoms with Crippen LogP contribution in [-0.2, 0) is 4.74 Å². The molecule has 3 rings (SSSR count). The van der Waals surface area contributed by atoms with Crippen molar-refractivity contribution in [1.29, 1.82) is 0 Å². The van der Waals surface area contributed by atoms with Crippen LogP contribution in [0.5, 0.6) is 0 Å². The van der Waals surface area contributed by atoms with E-state index in [1.807, 2.05) is 4.68 Å². The second-order valence-electron chi connectivity index (χ2n) is 5.41. The first-order chi connectivity index (χ1) is 9.83. The molecule has 110 valence electrons. The van der Waals surface area contributed by atoms with Gasteiger partial charge in [0.05, 0.1) is 18.3 Å². The molecule has 7 heteroatoms. The summed E-state index contributed by atoms with van der Waals surface area (Å²) in [5.41, 5.74) is 0.390. The number of rotatable bonds is 4. The minimum atomic E-state index is -0.166. The molecular weight excluding hydrogens is 258 g/mol. The summed E-state index contributed by atoms with van der Waals surface area (Å²) in [4.78, 5) is 12.0. The van der Waals surface area contributed by atoms with Crippen LogP contribution < -0.4 is 10.6 Å². The van der Waals surface area contributed by atoms with Crippen LogP contribution in [-0.4, -0.2) is 53.2 Å². The molecule has 0 bridgehead atoms. The molecule has 20 heavy (non-hydrogen) atoms. The largest absolute Gasteiger partial charge is 0.376 e. The van der Waals surface area contributed by atoms with Gasteiger partial charge in [-0.05, 0) is 38.8 Å². The molecule has 1 aromatic heterocycles. The molecule has 0 spiro atoms. The zero-order chi connectivity index (χ0) is 13.8. The number of nitrogens with zero attached hydrogens (tertiary/aromatic N) is 3.